The predicted molar refractivity (Wildman–Crippen MR) is 121 cm³/mol. The first kappa shape index (κ1) is 22.4. The van der Waals surface area contributed by atoms with Crippen LogP contribution in [-0.2, 0) is 22.6 Å². The van der Waals surface area contributed by atoms with Crippen molar-refractivity contribution >= 4 is 5.91 Å². The maximum Gasteiger partial charge on any atom is 0.253 e. The Hall–Kier alpha value is -2.75. The number of morpholine rings is 1. The van der Waals surface area contributed by atoms with E-state index in [2.05, 4.69) is 17.0 Å². The molecule has 2 aromatic carbocycles. The van der Waals surface area contributed by atoms with Crippen LogP contribution in [0.25, 0.3) is 0 Å². The van der Waals surface area contributed by atoms with Gasteiger partial charge in [0.1, 0.15) is 6.10 Å². The van der Waals surface area contributed by atoms with Gasteiger partial charge in [-0.25, -0.2) is 0 Å². The number of ether oxygens (including phenoxy) is 2. The van der Waals surface area contributed by atoms with Gasteiger partial charge < -0.3 is 19.5 Å². The Kier molecular flexibility index (Phi) is 7.51. The Balaban J connectivity index is 1.42. The molecule has 170 valence electrons. The Bertz CT molecular complexity index is 885. The maximum absolute atomic E-state index is 13.5. The standard InChI is InChI=1S/C26H32N2O4/c1-2-13-31-24-15-22(10-11-23(24)29)18-28(17-21-8-9-21)26(30)25-19-27(12-14-32-25)16-20-6-4-3-5-7-20/h3-4,6,10-11,15,21,25,29H,2,8-9,12-14,16-19H2,1H3. The molecule has 6 nitrogen and oxygen atoms in total. The zero-order chi connectivity index (χ0) is 22.3. The lowest BCUT2D eigenvalue weighted by atomic mass is 10.1. The summed E-state index contributed by atoms with van der Waals surface area (Å²) < 4.78 is 11.6. The molecule has 2 aliphatic rings. The van der Waals surface area contributed by atoms with Crippen LogP contribution in [0.1, 0.15) is 37.3 Å². The van der Waals surface area contributed by atoms with Crippen LogP contribution in [-0.4, -0.2) is 59.8 Å². The number of aromatic hydroxyl groups is 1. The van der Waals surface area contributed by atoms with E-state index >= 15 is 0 Å². The van der Waals surface area contributed by atoms with Crippen LogP contribution in [0, 0.1) is 18.1 Å². The number of carbonyl (C=O) groups excluding carboxylic acids is 1. The van der Waals surface area contributed by atoms with Gasteiger partial charge in [0, 0.05) is 38.3 Å². The molecule has 0 aromatic heterocycles. The molecule has 2 fully saturated rings. The fraction of sp³-hybridized carbons (Fsp3) is 0.500. The zero-order valence-electron chi connectivity index (χ0n) is 18.8. The van der Waals surface area contributed by atoms with Crippen LogP contribution >= 0.6 is 0 Å². The highest BCUT2D eigenvalue weighted by atomic mass is 16.5. The topological polar surface area (TPSA) is 62.2 Å². The molecule has 1 unspecified atom stereocenters. The second-order valence-electron chi connectivity index (χ2n) is 8.73. The minimum absolute atomic E-state index is 0.0364. The fourth-order valence-electron chi connectivity index (χ4n) is 3.97. The van der Waals surface area contributed by atoms with E-state index < -0.39 is 6.10 Å². The largest absolute Gasteiger partial charge is 0.504 e. The van der Waals surface area contributed by atoms with Gasteiger partial charge in [0.15, 0.2) is 11.5 Å². The Morgan fingerprint density at radius 2 is 2.22 bits per heavy atom. The molecule has 2 aromatic rings. The lowest BCUT2D eigenvalue weighted by molar-refractivity contribution is -0.150. The van der Waals surface area contributed by atoms with Crippen LogP contribution in [0.4, 0.5) is 0 Å². The predicted octanol–water partition coefficient (Wildman–Crippen LogP) is 3.42. The van der Waals surface area contributed by atoms with E-state index in [-0.39, 0.29) is 11.7 Å². The number of nitrogens with zero attached hydrogens (tertiary/aromatic N) is 2. The normalized spacial score (nSPS) is 18.7. The maximum atomic E-state index is 13.5. The monoisotopic (exact) mass is 436 g/mol. The Morgan fingerprint density at radius 1 is 1.34 bits per heavy atom. The summed E-state index contributed by atoms with van der Waals surface area (Å²) in [7, 11) is 0. The van der Waals surface area contributed by atoms with Crippen molar-refractivity contribution in [2.75, 3.05) is 32.8 Å². The van der Waals surface area contributed by atoms with Gasteiger partial charge in [0.2, 0.25) is 0 Å². The molecule has 1 heterocycles. The molecule has 1 aliphatic heterocycles. The van der Waals surface area contributed by atoms with Crippen molar-refractivity contribution in [2.24, 2.45) is 5.92 Å². The highest BCUT2D eigenvalue weighted by Crippen LogP contribution is 2.32. The van der Waals surface area contributed by atoms with Gasteiger partial charge in [-0.1, -0.05) is 31.2 Å². The van der Waals surface area contributed by atoms with Crippen LogP contribution < -0.4 is 4.74 Å². The van der Waals surface area contributed by atoms with Gasteiger partial charge >= 0.3 is 0 Å². The molecule has 32 heavy (non-hydrogen) atoms. The van der Waals surface area contributed by atoms with Crippen molar-refractivity contribution in [3.63, 3.8) is 0 Å². The van der Waals surface area contributed by atoms with E-state index in [1.807, 2.05) is 42.2 Å². The minimum Gasteiger partial charge on any atom is -0.504 e. The van der Waals surface area contributed by atoms with Gasteiger partial charge in [-0.2, -0.15) is 0 Å². The molecule has 6 heteroatoms. The van der Waals surface area contributed by atoms with Crippen molar-refractivity contribution in [3.8, 4) is 11.5 Å². The van der Waals surface area contributed by atoms with Crippen molar-refractivity contribution in [1.82, 2.24) is 9.80 Å². The molecule has 1 saturated carbocycles. The SMILES string of the molecule is CCCOc1cc(CN(CC2CC2)C(=O)C2CN(Cc3c#cccc3)CCO2)ccc1O. The highest BCUT2D eigenvalue weighted by Gasteiger charge is 2.33. The van der Waals surface area contributed by atoms with E-state index in [1.165, 1.54) is 12.8 Å². The summed E-state index contributed by atoms with van der Waals surface area (Å²) in [4.78, 5) is 17.6. The Morgan fingerprint density at radius 3 is 2.97 bits per heavy atom. The first-order valence-electron chi connectivity index (χ1n) is 11.6. The number of carbonyl (C=O) groups is 1. The summed E-state index contributed by atoms with van der Waals surface area (Å²) in [5.41, 5.74) is 2.02. The number of rotatable bonds is 10. The van der Waals surface area contributed by atoms with Crippen LogP contribution in [0.5, 0.6) is 11.5 Å². The summed E-state index contributed by atoms with van der Waals surface area (Å²) >= 11 is 0. The molecule has 4 rings (SSSR count). The van der Waals surface area contributed by atoms with Crippen LogP contribution in [0.15, 0.2) is 36.4 Å². The van der Waals surface area contributed by atoms with Crippen LogP contribution in [0.2, 0.25) is 0 Å². The van der Waals surface area contributed by atoms with Crippen LogP contribution in [0.3, 0.4) is 0 Å². The molecule has 1 N–H and O–H groups in total. The van der Waals surface area contributed by atoms with Gasteiger partial charge in [-0.3, -0.25) is 9.69 Å². The number of phenols is 1. The third-order valence-corrected chi connectivity index (χ3v) is 5.88. The second kappa shape index (κ2) is 10.7. The summed E-state index contributed by atoms with van der Waals surface area (Å²) in [6.45, 7) is 6.45. The van der Waals surface area contributed by atoms with E-state index in [0.29, 0.717) is 38.0 Å². The number of phenolic OH excluding ortho intramolecular Hbond substituents is 1. The van der Waals surface area contributed by atoms with Crippen molar-refractivity contribution in [3.05, 3.63) is 59.7 Å². The molecule has 1 amide bonds. The molecule has 0 bridgehead atoms. The first-order valence-corrected chi connectivity index (χ1v) is 11.6. The number of amides is 1. The molecule has 1 aliphatic carbocycles. The summed E-state index contributed by atoms with van der Waals surface area (Å²) in [5, 5.41) is 10.1. The lowest BCUT2D eigenvalue weighted by Gasteiger charge is -2.35. The summed E-state index contributed by atoms with van der Waals surface area (Å²) in [6.07, 6.45) is 2.73. The smallest absolute Gasteiger partial charge is 0.253 e. The number of hydrogen-bond donors (Lipinski definition) is 1. The molecule has 0 spiro atoms. The lowest BCUT2D eigenvalue weighted by Crippen LogP contribution is -2.51. The van der Waals surface area contributed by atoms with Gasteiger partial charge in [-0.05, 0) is 55.0 Å². The van der Waals surface area contributed by atoms with E-state index in [0.717, 1.165) is 37.2 Å². The first-order chi connectivity index (χ1) is 15.6. The summed E-state index contributed by atoms with van der Waals surface area (Å²) in [5.74, 6) is 1.21. The third-order valence-electron chi connectivity index (χ3n) is 5.88. The molecule has 1 atom stereocenters. The quantitative estimate of drug-likeness (QED) is 0.618. The second-order valence-corrected chi connectivity index (χ2v) is 8.73. The fourth-order valence-corrected chi connectivity index (χ4v) is 3.97. The van der Waals surface area contributed by atoms with Crippen molar-refractivity contribution in [1.29, 1.82) is 0 Å². The van der Waals surface area contributed by atoms with Gasteiger partial charge in [0.05, 0.1) is 13.2 Å². The number of benzene rings is 1. The third kappa shape index (κ3) is 6.15. The summed E-state index contributed by atoms with van der Waals surface area (Å²) in [6, 6.07) is 17.3. The van der Waals surface area contributed by atoms with E-state index in [4.69, 9.17) is 9.47 Å². The van der Waals surface area contributed by atoms with E-state index in [1.54, 1.807) is 6.07 Å². The van der Waals surface area contributed by atoms with Crippen molar-refractivity contribution in [2.45, 2.75) is 45.4 Å². The van der Waals surface area contributed by atoms with E-state index in [9.17, 15) is 9.90 Å². The molecular weight excluding hydrogens is 404 g/mol. The van der Waals surface area contributed by atoms with Gasteiger partial charge in [0.25, 0.3) is 5.91 Å². The average Bonchev–Trinajstić information content (AvgIpc) is 3.63. The molecule has 1 saturated heterocycles. The average molecular weight is 437 g/mol. The number of hydrogen-bond acceptors (Lipinski definition) is 5. The molecule has 0 radical (unpaired) electrons. The highest BCUT2D eigenvalue weighted by molar-refractivity contribution is 5.81. The van der Waals surface area contributed by atoms with Gasteiger partial charge in [-0.15, -0.1) is 0 Å². The zero-order valence-corrected chi connectivity index (χ0v) is 18.8. The minimum atomic E-state index is -0.469. The Labute approximate surface area is 190 Å². The molecular formula is C26H32N2O4. The van der Waals surface area contributed by atoms with Crippen molar-refractivity contribution < 1.29 is 19.4 Å².